The summed E-state index contributed by atoms with van der Waals surface area (Å²) in [7, 11) is 0. The number of carbonyl (C=O) groups is 1. The van der Waals surface area contributed by atoms with Crippen molar-refractivity contribution in [1.82, 2.24) is 5.32 Å². The molecule has 1 amide bonds. The van der Waals surface area contributed by atoms with Gasteiger partial charge in [0.25, 0.3) is 5.91 Å². The first-order valence-electron chi connectivity index (χ1n) is 8.50. The van der Waals surface area contributed by atoms with Crippen LogP contribution in [0.3, 0.4) is 0 Å². The summed E-state index contributed by atoms with van der Waals surface area (Å²) in [6.07, 6.45) is 0. The van der Waals surface area contributed by atoms with Crippen molar-refractivity contribution in [2.24, 2.45) is 0 Å². The molecule has 5 heteroatoms. The highest BCUT2D eigenvalue weighted by Crippen LogP contribution is 2.36. The number of ether oxygens (including phenoxy) is 1. The highest BCUT2D eigenvalue weighted by molar-refractivity contribution is 7.17. The normalized spacial score (nSPS) is 11.8. The minimum Gasteiger partial charge on any atom is -0.508 e. The molecule has 1 aromatic heterocycles. The van der Waals surface area contributed by atoms with Crippen LogP contribution in [0.2, 0.25) is 0 Å². The van der Waals surface area contributed by atoms with Gasteiger partial charge >= 0.3 is 0 Å². The molecule has 1 heterocycles. The Labute approximate surface area is 157 Å². The maximum atomic E-state index is 12.8. The number of phenolic OH excluding ortho intramolecular Hbond substituents is 1. The van der Waals surface area contributed by atoms with Crippen LogP contribution in [0.5, 0.6) is 11.5 Å². The number of phenols is 1. The van der Waals surface area contributed by atoms with Crippen LogP contribution < -0.4 is 10.1 Å². The van der Waals surface area contributed by atoms with Crippen molar-refractivity contribution in [2.75, 3.05) is 6.61 Å². The predicted molar refractivity (Wildman–Crippen MR) is 105 cm³/mol. The summed E-state index contributed by atoms with van der Waals surface area (Å²) in [6, 6.07) is 18.5. The number of rotatable bonds is 6. The molecule has 1 atom stereocenters. The monoisotopic (exact) mass is 367 g/mol. The molecule has 0 spiro atoms. The first kappa shape index (κ1) is 18.0. The van der Waals surface area contributed by atoms with Crippen molar-refractivity contribution < 1.29 is 14.6 Å². The van der Waals surface area contributed by atoms with Crippen LogP contribution in [0.4, 0.5) is 0 Å². The fourth-order valence-corrected chi connectivity index (χ4v) is 3.69. The molecule has 3 aromatic rings. The minimum absolute atomic E-state index is 0.182. The van der Waals surface area contributed by atoms with Gasteiger partial charge in [0.2, 0.25) is 0 Å². The van der Waals surface area contributed by atoms with Crippen LogP contribution in [0.1, 0.15) is 35.1 Å². The first-order valence-corrected chi connectivity index (χ1v) is 9.32. The summed E-state index contributed by atoms with van der Waals surface area (Å²) in [5.41, 5.74) is 1.90. The standard InChI is InChI=1S/C21H21NO3S/c1-3-25-18-13-19(15-8-5-4-6-9-15)26-20(18)21(24)22-14(2)16-10-7-11-17(23)12-16/h4-14,23H,3H2,1-2H3,(H,22,24). The smallest absolute Gasteiger partial charge is 0.265 e. The molecule has 4 nitrogen and oxygen atoms in total. The molecule has 3 rings (SSSR count). The topological polar surface area (TPSA) is 58.6 Å². The Hall–Kier alpha value is -2.79. The summed E-state index contributed by atoms with van der Waals surface area (Å²) in [4.78, 5) is 14.4. The van der Waals surface area contributed by atoms with E-state index in [0.29, 0.717) is 17.2 Å². The third-order valence-corrected chi connectivity index (χ3v) is 5.14. The van der Waals surface area contributed by atoms with E-state index in [-0.39, 0.29) is 17.7 Å². The van der Waals surface area contributed by atoms with Gasteiger partial charge in [-0.2, -0.15) is 0 Å². The quantitative estimate of drug-likeness (QED) is 0.644. The van der Waals surface area contributed by atoms with E-state index < -0.39 is 0 Å². The molecule has 0 fully saturated rings. The van der Waals surface area contributed by atoms with E-state index in [9.17, 15) is 9.90 Å². The van der Waals surface area contributed by atoms with Crippen LogP contribution in [0.15, 0.2) is 60.7 Å². The predicted octanol–water partition coefficient (Wildman–Crippen LogP) is 5.01. The Kier molecular flexibility index (Phi) is 5.58. The Balaban J connectivity index is 1.85. The second kappa shape index (κ2) is 8.06. The zero-order valence-electron chi connectivity index (χ0n) is 14.7. The molecule has 2 N–H and O–H groups in total. The average molecular weight is 367 g/mol. The lowest BCUT2D eigenvalue weighted by Crippen LogP contribution is -2.26. The van der Waals surface area contributed by atoms with Gasteiger partial charge in [-0.3, -0.25) is 4.79 Å². The zero-order chi connectivity index (χ0) is 18.5. The van der Waals surface area contributed by atoms with Crippen molar-refractivity contribution in [3.63, 3.8) is 0 Å². The van der Waals surface area contributed by atoms with Crippen LogP contribution in [-0.2, 0) is 0 Å². The number of hydrogen-bond acceptors (Lipinski definition) is 4. The van der Waals surface area contributed by atoms with Gasteiger partial charge in [0.1, 0.15) is 16.4 Å². The van der Waals surface area contributed by atoms with E-state index in [1.807, 2.05) is 56.3 Å². The van der Waals surface area contributed by atoms with Crippen LogP contribution in [-0.4, -0.2) is 17.6 Å². The number of benzene rings is 2. The van der Waals surface area contributed by atoms with Crippen LogP contribution in [0, 0.1) is 0 Å². The van der Waals surface area contributed by atoms with E-state index in [0.717, 1.165) is 16.0 Å². The summed E-state index contributed by atoms with van der Waals surface area (Å²) in [6.45, 7) is 4.28. The third-order valence-electron chi connectivity index (χ3n) is 3.98. The second-order valence-corrected chi connectivity index (χ2v) is 6.95. The maximum absolute atomic E-state index is 12.8. The molecule has 0 aliphatic carbocycles. The molecule has 0 radical (unpaired) electrons. The second-order valence-electron chi connectivity index (χ2n) is 5.89. The minimum atomic E-state index is -0.230. The SMILES string of the molecule is CCOc1cc(-c2ccccc2)sc1C(=O)NC(C)c1cccc(O)c1. The largest absolute Gasteiger partial charge is 0.508 e. The Morgan fingerprint density at radius 2 is 1.92 bits per heavy atom. The first-order chi connectivity index (χ1) is 12.6. The van der Waals surface area contributed by atoms with Gasteiger partial charge in [0.05, 0.1) is 12.6 Å². The molecule has 0 saturated heterocycles. The van der Waals surface area contributed by atoms with E-state index in [4.69, 9.17) is 4.74 Å². The fraction of sp³-hybridized carbons (Fsp3) is 0.190. The zero-order valence-corrected chi connectivity index (χ0v) is 15.5. The Morgan fingerprint density at radius 1 is 1.15 bits per heavy atom. The maximum Gasteiger partial charge on any atom is 0.265 e. The van der Waals surface area contributed by atoms with Gasteiger partial charge in [-0.15, -0.1) is 11.3 Å². The van der Waals surface area contributed by atoms with E-state index in [1.54, 1.807) is 18.2 Å². The molecule has 26 heavy (non-hydrogen) atoms. The number of carbonyl (C=O) groups excluding carboxylic acids is 1. The van der Waals surface area contributed by atoms with Crippen molar-refractivity contribution in [2.45, 2.75) is 19.9 Å². The van der Waals surface area contributed by atoms with Gasteiger partial charge < -0.3 is 15.2 Å². The van der Waals surface area contributed by atoms with Gasteiger partial charge in [0.15, 0.2) is 0 Å². The van der Waals surface area contributed by atoms with Gasteiger partial charge in [-0.05, 0) is 43.2 Å². The van der Waals surface area contributed by atoms with Crippen LogP contribution in [0.25, 0.3) is 10.4 Å². The summed E-state index contributed by atoms with van der Waals surface area (Å²) < 4.78 is 5.68. The molecule has 2 aromatic carbocycles. The number of thiophene rings is 1. The number of hydrogen-bond donors (Lipinski definition) is 2. The molecular formula is C21H21NO3S. The van der Waals surface area contributed by atoms with E-state index in [1.165, 1.54) is 11.3 Å². The summed E-state index contributed by atoms with van der Waals surface area (Å²) >= 11 is 1.41. The summed E-state index contributed by atoms with van der Waals surface area (Å²) in [5, 5.41) is 12.6. The molecule has 134 valence electrons. The molecule has 0 saturated carbocycles. The number of nitrogens with one attached hydrogen (secondary N) is 1. The highest BCUT2D eigenvalue weighted by atomic mass is 32.1. The molecule has 0 bridgehead atoms. The molecule has 1 unspecified atom stereocenters. The fourth-order valence-electron chi connectivity index (χ4n) is 2.68. The van der Waals surface area contributed by atoms with Crippen LogP contribution >= 0.6 is 11.3 Å². The number of amides is 1. The lowest BCUT2D eigenvalue weighted by molar-refractivity contribution is 0.0940. The average Bonchev–Trinajstić information content (AvgIpc) is 3.07. The molecule has 0 aliphatic heterocycles. The van der Waals surface area contributed by atoms with Gasteiger partial charge in [0, 0.05) is 4.88 Å². The third kappa shape index (κ3) is 4.06. The lowest BCUT2D eigenvalue weighted by atomic mass is 10.1. The molecule has 0 aliphatic rings. The van der Waals surface area contributed by atoms with Crippen molar-refractivity contribution in [3.8, 4) is 21.9 Å². The van der Waals surface area contributed by atoms with Gasteiger partial charge in [-0.25, -0.2) is 0 Å². The lowest BCUT2D eigenvalue weighted by Gasteiger charge is -2.14. The number of aromatic hydroxyl groups is 1. The Morgan fingerprint density at radius 3 is 2.62 bits per heavy atom. The molecular weight excluding hydrogens is 346 g/mol. The van der Waals surface area contributed by atoms with Gasteiger partial charge in [-0.1, -0.05) is 42.5 Å². The van der Waals surface area contributed by atoms with Crippen molar-refractivity contribution in [3.05, 3.63) is 71.1 Å². The van der Waals surface area contributed by atoms with Crippen molar-refractivity contribution in [1.29, 1.82) is 0 Å². The van der Waals surface area contributed by atoms with E-state index >= 15 is 0 Å². The Bertz CT molecular complexity index is 889. The summed E-state index contributed by atoms with van der Waals surface area (Å²) in [5.74, 6) is 0.592. The van der Waals surface area contributed by atoms with E-state index in [2.05, 4.69) is 5.32 Å². The van der Waals surface area contributed by atoms with Crippen molar-refractivity contribution >= 4 is 17.2 Å². The highest BCUT2D eigenvalue weighted by Gasteiger charge is 2.20.